The van der Waals surface area contributed by atoms with Crippen molar-refractivity contribution in [1.29, 1.82) is 0 Å². The van der Waals surface area contributed by atoms with Crippen LogP contribution in [0.1, 0.15) is 78.6 Å². The Kier molecular flexibility index (Phi) is 26.4. The molecule has 26 nitrogen and oxygen atoms in total. The van der Waals surface area contributed by atoms with Gasteiger partial charge in [-0.15, -0.1) is 0 Å². The summed E-state index contributed by atoms with van der Waals surface area (Å²) in [6, 6.07) is -0.754. The molecule has 0 bridgehead atoms. The number of nitrogens with zero attached hydrogens (tertiary/aromatic N) is 1. The van der Waals surface area contributed by atoms with E-state index in [9.17, 15) is 84.6 Å². The number of unbranched alkanes of at least 4 members (excludes halogenated alkanes) is 2. The Morgan fingerprint density at radius 2 is 1.56 bits per heavy atom. The number of amides is 4. The number of carbonyl (C=O) groups excluding carboxylic acids is 6. The first-order valence-corrected chi connectivity index (χ1v) is 25.1. The number of imide groups is 1. The molecule has 4 aliphatic rings. The van der Waals surface area contributed by atoms with Gasteiger partial charge < -0.3 is 90.1 Å². The van der Waals surface area contributed by atoms with Crippen molar-refractivity contribution in [3.63, 3.8) is 0 Å². The van der Waals surface area contributed by atoms with E-state index in [0.717, 1.165) is 12.0 Å². The number of aliphatic carboxylic acids is 1. The number of carbonyl (C=O) groups is 7. The lowest BCUT2D eigenvalue weighted by Crippen LogP contribution is -2.66. The fraction of sp³-hybridized carbons (Fsp3) is 0.844. The first kappa shape index (κ1) is 62.9. The lowest BCUT2D eigenvalue weighted by atomic mass is 9.80. The highest BCUT2D eigenvalue weighted by Crippen LogP contribution is 2.38. The zero-order valence-corrected chi connectivity index (χ0v) is 42.0. The van der Waals surface area contributed by atoms with Crippen LogP contribution in [-0.2, 0) is 62.0 Å². The van der Waals surface area contributed by atoms with Gasteiger partial charge in [-0.3, -0.25) is 33.7 Å². The van der Waals surface area contributed by atoms with Gasteiger partial charge in [0, 0.05) is 77.5 Å². The maximum atomic E-state index is 12.6. The number of nitrogens with one attached hydrogen (secondary N) is 2. The van der Waals surface area contributed by atoms with Crippen molar-refractivity contribution in [3.8, 4) is 0 Å². The van der Waals surface area contributed by atoms with Crippen LogP contribution in [0.3, 0.4) is 0 Å². The van der Waals surface area contributed by atoms with Crippen molar-refractivity contribution >= 4 is 52.9 Å². The third-order valence-corrected chi connectivity index (χ3v) is 14.0. The number of ketones is 2. The van der Waals surface area contributed by atoms with Gasteiger partial charge in [-0.1, -0.05) is 13.3 Å². The number of hydrogen-bond donors (Lipinski definition) is 12. The summed E-state index contributed by atoms with van der Waals surface area (Å²) in [6.07, 6.45) is -11.7. The molecule has 17 atom stereocenters. The van der Waals surface area contributed by atoms with E-state index in [2.05, 4.69) is 10.6 Å². The molecule has 0 aromatic carbocycles. The van der Waals surface area contributed by atoms with Crippen LogP contribution in [0.2, 0.25) is 0 Å². The van der Waals surface area contributed by atoms with Crippen molar-refractivity contribution in [3.05, 3.63) is 0 Å². The van der Waals surface area contributed by atoms with E-state index in [4.69, 9.17) is 28.4 Å². The molecule has 4 rings (SSSR count). The molecule has 0 saturated carbocycles. The van der Waals surface area contributed by atoms with E-state index in [0.29, 0.717) is 32.3 Å². The number of carboxylic acids is 1. The minimum Gasteiger partial charge on any atom is -0.477 e. The molecule has 0 spiro atoms. The molecule has 0 aromatic heterocycles. The van der Waals surface area contributed by atoms with Crippen LogP contribution in [-0.4, -0.2) is 247 Å². The summed E-state index contributed by atoms with van der Waals surface area (Å²) >= 11 is 1.33. The van der Waals surface area contributed by atoms with Gasteiger partial charge in [-0.2, -0.15) is 11.8 Å². The highest BCUT2D eigenvalue weighted by atomic mass is 32.2. The number of thioether (sulfide) groups is 1. The SMILES string of the molecule is CC(=O)N[C@@H]1C(C)OC(CO)[C@H](O)[C@@H]1OC1OC(CO)[C@H](O)[C@H](C)[C@@H]1O.COC1(C(=O)O)CC(O)C(CC(=O)CNC(=O)CCOCCCCCC(=O)CCN2C(=O)CC(SC)C2=O)C(C(O)[C@H](O)CO)O1. The van der Waals surface area contributed by atoms with E-state index in [1.165, 1.54) is 18.7 Å². The fourth-order valence-corrected chi connectivity index (χ4v) is 9.34. The van der Waals surface area contributed by atoms with Crippen LogP contribution in [0.15, 0.2) is 0 Å². The van der Waals surface area contributed by atoms with Gasteiger partial charge in [-0.05, 0) is 26.0 Å². The van der Waals surface area contributed by atoms with Gasteiger partial charge in [0.05, 0.1) is 68.7 Å². The Morgan fingerprint density at radius 3 is 2.14 bits per heavy atom. The summed E-state index contributed by atoms with van der Waals surface area (Å²) in [4.78, 5) is 85.4. The van der Waals surface area contributed by atoms with Crippen LogP contribution < -0.4 is 10.6 Å². The van der Waals surface area contributed by atoms with Gasteiger partial charge in [0.2, 0.25) is 23.6 Å². The lowest BCUT2D eigenvalue weighted by molar-refractivity contribution is -0.323. The van der Waals surface area contributed by atoms with Gasteiger partial charge in [-0.25, -0.2) is 4.79 Å². The van der Waals surface area contributed by atoms with E-state index >= 15 is 0 Å². The summed E-state index contributed by atoms with van der Waals surface area (Å²) in [5, 5.41) is 104. The second-order valence-corrected chi connectivity index (χ2v) is 19.3. The largest absolute Gasteiger partial charge is 0.477 e. The monoisotopic (exact) mass is 1060 g/mol. The number of hydrogen-bond acceptors (Lipinski definition) is 23. The second kappa shape index (κ2) is 30.3. The zero-order chi connectivity index (χ0) is 54.0. The molecule has 0 aliphatic carbocycles. The van der Waals surface area contributed by atoms with Crippen LogP contribution in [0.4, 0.5) is 0 Å². The minimum atomic E-state index is -2.35. The second-order valence-electron chi connectivity index (χ2n) is 18.3. The number of ether oxygens (including phenoxy) is 6. The van der Waals surface area contributed by atoms with Crippen molar-refractivity contribution in [2.45, 2.75) is 169 Å². The standard InChI is InChI=1S/C29H46N2O14S.C16H29NO9/c1-43-29(28(41)42)14-20(35)19(26(45-29)25(39)21(36)16-32)12-18(34)15-30-23(37)8-11-44-10-5-3-4-6-17(33)7-9-31-24(38)13-22(46-2)27(31)40;1-6-12(21)9(4-18)25-16(13(6)22)26-15-11(17-8(3)20)7(2)24-10(5-19)14(15)23/h19-22,25-26,32,35-36,39H,3-16H2,1-2H3,(H,30,37)(H,41,42);6-7,9-16,18-19,21-23H,4-5H2,1-3H3,(H,17,20)/t19?,20?,21-,22?,25?,26?,29?;6-,7?,9?,10?,11+,12+,13-,14-,15+,16?/m10/s1. The molecule has 4 saturated heterocycles. The lowest BCUT2D eigenvalue weighted by Gasteiger charge is -2.47. The number of methoxy groups -OCH3 is 1. The highest BCUT2D eigenvalue weighted by Gasteiger charge is 2.55. The fourth-order valence-electron chi connectivity index (χ4n) is 8.71. The van der Waals surface area contributed by atoms with Gasteiger partial charge in [0.1, 0.15) is 48.5 Å². The van der Waals surface area contributed by atoms with Crippen LogP contribution in [0, 0.1) is 11.8 Å². The Balaban J connectivity index is 0.000000443. The average Bonchev–Trinajstić information content (AvgIpc) is 3.63. The third-order valence-electron chi connectivity index (χ3n) is 13.1. The Hall–Kier alpha value is -3.36. The van der Waals surface area contributed by atoms with Crippen molar-refractivity contribution in [1.82, 2.24) is 15.5 Å². The Morgan fingerprint density at radius 1 is 0.889 bits per heavy atom. The first-order chi connectivity index (χ1) is 34.0. The number of aliphatic hydroxyl groups excluding tert-OH is 9. The van der Waals surface area contributed by atoms with Crippen molar-refractivity contribution < 1.29 is 113 Å². The highest BCUT2D eigenvalue weighted by molar-refractivity contribution is 8.00. The van der Waals surface area contributed by atoms with Crippen LogP contribution in [0.5, 0.6) is 0 Å². The quantitative estimate of drug-likeness (QED) is 0.0272. The van der Waals surface area contributed by atoms with E-state index in [1.54, 1.807) is 20.1 Å². The van der Waals surface area contributed by atoms with Crippen molar-refractivity contribution in [2.24, 2.45) is 11.8 Å². The summed E-state index contributed by atoms with van der Waals surface area (Å²) in [5.41, 5.74) is 0. The molecule has 4 amide bonds. The van der Waals surface area contributed by atoms with E-state index in [1.807, 2.05) is 0 Å². The number of aliphatic hydroxyl groups is 9. The summed E-state index contributed by atoms with van der Waals surface area (Å²) in [6.45, 7) is 2.86. The molecular formula is C45H75N3O23S. The molecule has 10 unspecified atom stereocenters. The molecule has 4 fully saturated rings. The zero-order valence-electron chi connectivity index (χ0n) is 41.2. The molecule has 0 aromatic rings. The third kappa shape index (κ3) is 17.4. The van der Waals surface area contributed by atoms with Gasteiger partial charge >= 0.3 is 5.97 Å². The van der Waals surface area contributed by atoms with Crippen LogP contribution >= 0.6 is 11.8 Å². The van der Waals surface area contributed by atoms with Gasteiger partial charge in [0.15, 0.2) is 12.1 Å². The Labute approximate surface area is 421 Å². The summed E-state index contributed by atoms with van der Waals surface area (Å²) in [5.74, 6) is -7.66. The van der Waals surface area contributed by atoms with E-state index < -0.39 is 154 Å². The number of Topliss-reactive ketones (excluding diaryl/α,β-unsaturated/α-hetero) is 2. The molecule has 12 N–H and O–H groups in total. The van der Waals surface area contributed by atoms with E-state index in [-0.39, 0.29) is 61.2 Å². The maximum absolute atomic E-state index is 12.6. The normalized spacial score (nSPS) is 33.6. The Bertz CT molecular complexity index is 1780. The topological polar surface area (TPSA) is 404 Å². The smallest absolute Gasteiger partial charge is 0.364 e. The molecule has 27 heteroatoms. The van der Waals surface area contributed by atoms with Crippen molar-refractivity contribution in [2.75, 3.05) is 59.5 Å². The average molecular weight is 1060 g/mol. The molecule has 4 aliphatic heterocycles. The molecule has 0 radical (unpaired) electrons. The molecule has 72 heavy (non-hydrogen) atoms. The van der Waals surface area contributed by atoms with Crippen LogP contribution in [0.25, 0.3) is 0 Å². The molecular weight excluding hydrogens is 983 g/mol. The molecule has 414 valence electrons. The minimum absolute atomic E-state index is 0.0244. The van der Waals surface area contributed by atoms with Gasteiger partial charge in [0.25, 0.3) is 5.79 Å². The maximum Gasteiger partial charge on any atom is 0.364 e. The summed E-state index contributed by atoms with van der Waals surface area (Å²) in [7, 11) is 1.02. The number of carboxylic acid groups (broad SMARTS) is 1. The molecule has 4 heterocycles. The number of likely N-dealkylation sites (tertiary alicyclic amines) is 1. The first-order valence-electron chi connectivity index (χ1n) is 23.9. The number of rotatable bonds is 27. The summed E-state index contributed by atoms with van der Waals surface area (Å²) < 4.78 is 32.5. The predicted molar refractivity (Wildman–Crippen MR) is 247 cm³/mol. The predicted octanol–water partition coefficient (Wildman–Crippen LogP) is -4.52.